The van der Waals surface area contributed by atoms with E-state index in [9.17, 15) is 4.79 Å². The molecule has 1 aromatic carbocycles. The lowest BCUT2D eigenvalue weighted by atomic mass is 10.1. The molecule has 3 saturated carbocycles. The van der Waals surface area contributed by atoms with E-state index in [2.05, 4.69) is 21.8 Å². The topological polar surface area (TPSA) is 59.0 Å². The van der Waals surface area contributed by atoms with Crippen molar-refractivity contribution in [1.82, 2.24) is 15.1 Å². The first-order chi connectivity index (χ1) is 12.7. The van der Waals surface area contributed by atoms with E-state index in [0.717, 1.165) is 36.2 Å². The van der Waals surface area contributed by atoms with Crippen LogP contribution in [-0.2, 0) is 6.54 Å². The molecular weight excluding hydrogens is 395 g/mol. The lowest BCUT2D eigenvalue weighted by Gasteiger charge is -2.06. The van der Waals surface area contributed by atoms with Crippen molar-refractivity contribution >= 4 is 36.4 Å². The third-order valence-electron chi connectivity index (χ3n) is 5.77. The second-order valence-electron chi connectivity index (χ2n) is 8.27. The number of rotatable bonds is 8. The Morgan fingerprint density at radius 1 is 1.14 bits per heavy atom. The number of hydrogen-bond donors (Lipinski definition) is 2. The molecule has 0 unspecified atom stereocenters. The first-order valence-electron chi connectivity index (χ1n) is 9.92. The van der Waals surface area contributed by atoms with E-state index in [1.54, 1.807) is 6.20 Å². The van der Waals surface area contributed by atoms with Crippen molar-refractivity contribution in [2.24, 2.45) is 11.8 Å². The largest absolute Gasteiger partial charge is 0.319 e. The summed E-state index contributed by atoms with van der Waals surface area (Å²) in [6.07, 6.45) is 10.2. The summed E-state index contributed by atoms with van der Waals surface area (Å²) in [4.78, 5) is 12.6. The highest BCUT2D eigenvalue weighted by Crippen LogP contribution is 2.42. The molecule has 2 aromatic rings. The Bertz CT molecular complexity index is 816. The maximum atomic E-state index is 12.6. The number of benzene rings is 1. The van der Waals surface area contributed by atoms with Gasteiger partial charge in [-0.25, -0.2) is 0 Å². The number of nitrogens with one attached hydrogen (secondary N) is 2. The van der Waals surface area contributed by atoms with E-state index >= 15 is 0 Å². The monoisotopic (exact) mass is 422 g/mol. The molecule has 3 fully saturated rings. The van der Waals surface area contributed by atoms with E-state index in [4.69, 9.17) is 0 Å². The Balaban J connectivity index is 0.00000112. The Morgan fingerprint density at radius 3 is 2.68 bits per heavy atom. The van der Waals surface area contributed by atoms with Crippen LogP contribution in [-0.4, -0.2) is 28.3 Å². The lowest BCUT2D eigenvalue weighted by Crippen LogP contribution is -2.20. The number of carbonyl (C=O) groups is 1. The second-order valence-corrected chi connectivity index (χ2v) is 8.27. The van der Waals surface area contributed by atoms with Crippen LogP contribution in [0.2, 0.25) is 0 Å². The van der Waals surface area contributed by atoms with Crippen LogP contribution >= 0.6 is 24.8 Å². The van der Waals surface area contributed by atoms with Crippen LogP contribution < -0.4 is 10.6 Å². The van der Waals surface area contributed by atoms with Crippen LogP contribution in [0.4, 0.5) is 5.69 Å². The normalized spacial score (nSPS) is 22.7. The third-order valence-corrected chi connectivity index (χ3v) is 5.77. The molecule has 7 heteroatoms. The summed E-state index contributed by atoms with van der Waals surface area (Å²) in [5.74, 6) is 2.19. The molecule has 28 heavy (non-hydrogen) atoms. The second kappa shape index (κ2) is 8.85. The van der Waals surface area contributed by atoms with Crippen molar-refractivity contribution in [2.75, 3.05) is 11.9 Å². The van der Waals surface area contributed by atoms with Crippen LogP contribution in [0.1, 0.15) is 53.9 Å². The van der Waals surface area contributed by atoms with Gasteiger partial charge in [0.25, 0.3) is 5.91 Å². The molecule has 0 bridgehead atoms. The molecule has 0 aliphatic heterocycles. The maximum absolute atomic E-state index is 12.6. The fourth-order valence-electron chi connectivity index (χ4n) is 3.64. The Labute approximate surface area is 178 Å². The average Bonchev–Trinajstić information content (AvgIpc) is 3.50. The summed E-state index contributed by atoms with van der Waals surface area (Å²) in [6.45, 7) is 2.12. The fourth-order valence-corrected chi connectivity index (χ4v) is 3.64. The smallest absolute Gasteiger partial charge is 0.255 e. The van der Waals surface area contributed by atoms with Crippen LogP contribution in [0, 0.1) is 11.8 Å². The van der Waals surface area contributed by atoms with E-state index in [1.165, 1.54) is 37.7 Å². The first kappa shape index (κ1) is 21.2. The zero-order valence-electron chi connectivity index (χ0n) is 15.8. The number of hydrogen-bond acceptors (Lipinski definition) is 3. The van der Waals surface area contributed by atoms with Crippen LogP contribution in [0.3, 0.4) is 0 Å². The van der Waals surface area contributed by atoms with Gasteiger partial charge in [0, 0.05) is 30.3 Å². The van der Waals surface area contributed by atoms with E-state index in [0.29, 0.717) is 12.0 Å². The molecule has 152 valence electrons. The number of anilines is 1. The summed E-state index contributed by atoms with van der Waals surface area (Å²) < 4.78 is 1.93. The summed E-state index contributed by atoms with van der Waals surface area (Å²) in [6, 6.07) is 8.68. The van der Waals surface area contributed by atoms with E-state index < -0.39 is 0 Å². The molecule has 1 amide bonds. The van der Waals surface area contributed by atoms with Crippen molar-refractivity contribution in [1.29, 1.82) is 0 Å². The molecule has 1 heterocycles. The Morgan fingerprint density at radius 2 is 1.93 bits per heavy atom. The lowest BCUT2D eigenvalue weighted by molar-refractivity contribution is 0.102. The zero-order chi connectivity index (χ0) is 17.5. The van der Waals surface area contributed by atoms with Crippen molar-refractivity contribution in [3.63, 3.8) is 0 Å². The van der Waals surface area contributed by atoms with Gasteiger partial charge >= 0.3 is 0 Å². The first-order valence-corrected chi connectivity index (χ1v) is 9.92. The van der Waals surface area contributed by atoms with Gasteiger partial charge in [0.15, 0.2) is 0 Å². The van der Waals surface area contributed by atoms with Gasteiger partial charge in [-0.3, -0.25) is 9.48 Å². The number of carbonyl (C=O) groups excluding carboxylic acids is 1. The van der Waals surface area contributed by atoms with E-state index in [1.807, 2.05) is 29.1 Å². The highest BCUT2D eigenvalue weighted by Gasteiger charge is 2.39. The molecular formula is C21H28Cl2N4O. The summed E-state index contributed by atoms with van der Waals surface area (Å²) >= 11 is 0. The van der Waals surface area contributed by atoms with Gasteiger partial charge in [0.1, 0.15) is 0 Å². The van der Waals surface area contributed by atoms with Gasteiger partial charge in [-0.05, 0) is 68.2 Å². The van der Waals surface area contributed by atoms with Crippen LogP contribution in [0.15, 0.2) is 36.7 Å². The summed E-state index contributed by atoms with van der Waals surface area (Å²) in [7, 11) is 0. The number of aromatic nitrogens is 2. The highest BCUT2D eigenvalue weighted by atomic mass is 35.5. The molecule has 2 atom stereocenters. The molecule has 3 aliphatic rings. The van der Waals surface area contributed by atoms with Gasteiger partial charge < -0.3 is 10.6 Å². The molecule has 0 spiro atoms. The standard InChI is InChI=1S/C21H26N4O.2ClH/c26-21(24-18-11-23-25(13-18)12-15-6-7-15)17-3-1-2-16(8-17)19-9-20(19)22-10-14-4-5-14;;/h1-3,8,11,13-15,19-20,22H,4-7,9-10,12H2,(H,24,26);2*1H/t19-,20+;;/m0../s1. The van der Waals surface area contributed by atoms with Gasteiger partial charge in [-0.1, -0.05) is 12.1 Å². The predicted octanol–water partition coefficient (Wildman–Crippen LogP) is 4.24. The van der Waals surface area contributed by atoms with Crippen molar-refractivity contribution < 1.29 is 4.79 Å². The molecule has 1 aromatic heterocycles. The van der Waals surface area contributed by atoms with Crippen molar-refractivity contribution in [3.8, 4) is 0 Å². The Hall–Kier alpha value is -1.56. The SMILES string of the molecule is Cl.Cl.O=C(Nc1cnn(CC2CC2)c1)c1cccc([C@@H]2C[C@H]2NCC2CC2)c1. The van der Waals surface area contributed by atoms with Gasteiger partial charge in [-0.15, -0.1) is 24.8 Å². The quantitative estimate of drug-likeness (QED) is 0.668. The van der Waals surface area contributed by atoms with Gasteiger partial charge in [0.05, 0.1) is 11.9 Å². The molecule has 0 saturated heterocycles. The minimum Gasteiger partial charge on any atom is -0.319 e. The number of nitrogens with zero attached hydrogens (tertiary/aromatic N) is 2. The minimum atomic E-state index is -0.0547. The Kier molecular flexibility index (Phi) is 6.69. The van der Waals surface area contributed by atoms with Gasteiger partial charge in [-0.2, -0.15) is 5.10 Å². The van der Waals surface area contributed by atoms with Crippen molar-refractivity contribution in [3.05, 3.63) is 47.8 Å². The number of halogens is 2. The molecule has 2 N–H and O–H groups in total. The fraction of sp³-hybridized carbons (Fsp3) is 0.524. The molecule has 0 radical (unpaired) electrons. The maximum Gasteiger partial charge on any atom is 0.255 e. The summed E-state index contributed by atoms with van der Waals surface area (Å²) in [5, 5.41) is 11.0. The molecule has 5 rings (SSSR count). The third kappa shape index (κ3) is 5.28. The summed E-state index contributed by atoms with van der Waals surface area (Å²) in [5.41, 5.74) is 2.78. The molecule has 5 nitrogen and oxygen atoms in total. The zero-order valence-corrected chi connectivity index (χ0v) is 17.5. The molecule has 3 aliphatic carbocycles. The average molecular weight is 423 g/mol. The van der Waals surface area contributed by atoms with Crippen molar-refractivity contribution in [2.45, 2.75) is 50.6 Å². The van der Waals surface area contributed by atoms with Gasteiger partial charge in [0.2, 0.25) is 0 Å². The highest BCUT2D eigenvalue weighted by molar-refractivity contribution is 6.04. The number of amides is 1. The van der Waals surface area contributed by atoms with Crippen LogP contribution in [0.25, 0.3) is 0 Å². The van der Waals surface area contributed by atoms with E-state index in [-0.39, 0.29) is 30.7 Å². The van der Waals surface area contributed by atoms with Crippen LogP contribution in [0.5, 0.6) is 0 Å². The minimum absolute atomic E-state index is 0. The predicted molar refractivity (Wildman–Crippen MR) is 116 cm³/mol.